The standard InChI is InChI=1S/C14H24N2O2/c1-5-10-12(17)15-14(3,4)13(18)16(10)11-8-6-7-9(11)2/h9-11H,5-8H2,1-4H3,(H,15,17). The molecule has 102 valence electrons. The first-order valence-corrected chi connectivity index (χ1v) is 7.03. The molecule has 3 atom stereocenters. The van der Waals surface area contributed by atoms with Crippen molar-refractivity contribution in [2.24, 2.45) is 5.92 Å². The molecule has 1 N–H and O–H groups in total. The highest BCUT2D eigenvalue weighted by Gasteiger charge is 2.48. The lowest BCUT2D eigenvalue weighted by atomic mass is 9.91. The van der Waals surface area contributed by atoms with Gasteiger partial charge in [-0.1, -0.05) is 20.3 Å². The molecule has 1 aliphatic carbocycles. The van der Waals surface area contributed by atoms with Crippen molar-refractivity contribution >= 4 is 11.8 Å². The number of hydrogen-bond donors (Lipinski definition) is 1. The van der Waals surface area contributed by atoms with E-state index < -0.39 is 5.54 Å². The number of carbonyl (C=O) groups excluding carboxylic acids is 2. The van der Waals surface area contributed by atoms with Crippen molar-refractivity contribution in [2.75, 3.05) is 0 Å². The molecule has 1 heterocycles. The number of carbonyl (C=O) groups is 2. The predicted octanol–water partition coefficient (Wildman–Crippen LogP) is 1.69. The second kappa shape index (κ2) is 4.56. The number of hydrogen-bond acceptors (Lipinski definition) is 2. The molecule has 4 nitrogen and oxygen atoms in total. The second-order valence-electron chi connectivity index (χ2n) is 6.23. The Balaban J connectivity index is 2.32. The summed E-state index contributed by atoms with van der Waals surface area (Å²) >= 11 is 0. The molecule has 1 saturated carbocycles. The molecule has 0 aromatic rings. The largest absolute Gasteiger partial charge is 0.340 e. The molecule has 4 heteroatoms. The molecule has 1 saturated heterocycles. The summed E-state index contributed by atoms with van der Waals surface area (Å²) in [5.74, 6) is 0.582. The average molecular weight is 252 g/mol. The van der Waals surface area contributed by atoms with Crippen molar-refractivity contribution in [3.8, 4) is 0 Å². The van der Waals surface area contributed by atoms with Crippen molar-refractivity contribution in [3.63, 3.8) is 0 Å². The summed E-state index contributed by atoms with van der Waals surface area (Å²) < 4.78 is 0. The first-order valence-electron chi connectivity index (χ1n) is 7.03. The summed E-state index contributed by atoms with van der Waals surface area (Å²) in [4.78, 5) is 26.6. The fourth-order valence-electron chi connectivity index (χ4n) is 3.34. The highest BCUT2D eigenvalue weighted by atomic mass is 16.2. The van der Waals surface area contributed by atoms with Gasteiger partial charge >= 0.3 is 0 Å². The summed E-state index contributed by atoms with van der Waals surface area (Å²) in [6.45, 7) is 7.76. The molecule has 0 aromatic carbocycles. The Kier molecular flexibility index (Phi) is 3.39. The first-order chi connectivity index (χ1) is 8.38. The van der Waals surface area contributed by atoms with Gasteiger partial charge in [0.15, 0.2) is 0 Å². The maximum atomic E-state index is 12.6. The summed E-state index contributed by atoms with van der Waals surface area (Å²) in [6.07, 6.45) is 4.05. The zero-order chi connectivity index (χ0) is 13.5. The fourth-order valence-corrected chi connectivity index (χ4v) is 3.34. The van der Waals surface area contributed by atoms with Gasteiger partial charge in [-0.05, 0) is 39.0 Å². The summed E-state index contributed by atoms with van der Waals surface area (Å²) in [7, 11) is 0. The Labute approximate surface area is 109 Å². The van der Waals surface area contributed by atoms with Gasteiger partial charge in [0, 0.05) is 6.04 Å². The first kappa shape index (κ1) is 13.4. The van der Waals surface area contributed by atoms with Crippen molar-refractivity contribution in [2.45, 2.75) is 71.0 Å². The van der Waals surface area contributed by atoms with Crippen LogP contribution < -0.4 is 5.32 Å². The molecular formula is C14H24N2O2. The van der Waals surface area contributed by atoms with E-state index in [1.807, 2.05) is 11.8 Å². The van der Waals surface area contributed by atoms with Crippen molar-refractivity contribution in [1.82, 2.24) is 10.2 Å². The molecule has 2 aliphatic rings. The van der Waals surface area contributed by atoms with Gasteiger partial charge in [-0.25, -0.2) is 0 Å². The number of amides is 2. The normalized spacial score (nSPS) is 35.8. The van der Waals surface area contributed by atoms with E-state index in [9.17, 15) is 9.59 Å². The zero-order valence-electron chi connectivity index (χ0n) is 11.8. The van der Waals surface area contributed by atoms with Gasteiger partial charge in [0.25, 0.3) is 0 Å². The summed E-state index contributed by atoms with van der Waals surface area (Å²) in [5, 5.41) is 2.84. The molecule has 18 heavy (non-hydrogen) atoms. The van der Waals surface area contributed by atoms with Crippen molar-refractivity contribution in [1.29, 1.82) is 0 Å². The van der Waals surface area contributed by atoms with E-state index in [4.69, 9.17) is 0 Å². The van der Waals surface area contributed by atoms with Gasteiger partial charge in [-0.2, -0.15) is 0 Å². The Morgan fingerprint density at radius 3 is 2.50 bits per heavy atom. The third-order valence-electron chi connectivity index (χ3n) is 4.40. The van der Waals surface area contributed by atoms with E-state index in [0.717, 1.165) is 19.3 Å². The van der Waals surface area contributed by atoms with Gasteiger partial charge in [-0.15, -0.1) is 0 Å². The molecule has 3 unspecified atom stereocenters. The number of nitrogens with zero attached hydrogens (tertiary/aromatic N) is 1. The van der Waals surface area contributed by atoms with Crippen molar-refractivity contribution < 1.29 is 9.59 Å². The molecule has 0 spiro atoms. The lowest BCUT2D eigenvalue weighted by Crippen LogP contribution is -2.70. The quantitative estimate of drug-likeness (QED) is 0.813. The molecule has 0 bridgehead atoms. The van der Waals surface area contributed by atoms with Gasteiger partial charge in [-0.3, -0.25) is 9.59 Å². The van der Waals surface area contributed by atoms with Crippen LogP contribution in [0.3, 0.4) is 0 Å². The van der Waals surface area contributed by atoms with E-state index in [0.29, 0.717) is 12.3 Å². The Morgan fingerprint density at radius 1 is 1.33 bits per heavy atom. The lowest BCUT2D eigenvalue weighted by molar-refractivity contribution is -0.157. The van der Waals surface area contributed by atoms with Crippen LogP contribution in [0.4, 0.5) is 0 Å². The fraction of sp³-hybridized carbons (Fsp3) is 0.857. The number of nitrogens with one attached hydrogen (secondary N) is 1. The Hall–Kier alpha value is -1.06. The van der Waals surface area contributed by atoms with Gasteiger partial charge in [0.1, 0.15) is 11.6 Å². The van der Waals surface area contributed by atoms with Crippen LogP contribution >= 0.6 is 0 Å². The van der Waals surface area contributed by atoms with Crippen LogP contribution in [0.5, 0.6) is 0 Å². The van der Waals surface area contributed by atoms with Crippen LogP contribution in [0.2, 0.25) is 0 Å². The minimum Gasteiger partial charge on any atom is -0.340 e. The number of rotatable bonds is 2. The van der Waals surface area contributed by atoms with Crippen LogP contribution in [0.15, 0.2) is 0 Å². The molecule has 2 fully saturated rings. The topological polar surface area (TPSA) is 49.4 Å². The zero-order valence-corrected chi connectivity index (χ0v) is 11.8. The highest BCUT2D eigenvalue weighted by molar-refractivity contribution is 5.99. The molecular weight excluding hydrogens is 228 g/mol. The SMILES string of the molecule is CCC1C(=O)NC(C)(C)C(=O)N1C1CCCC1C. The van der Waals surface area contributed by atoms with E-state index in [2.05, 4.69) is 12.2 Å². The van der Waals surface area contributed by atoms with E-state index in [1.54, 1.807) is 13.8 Å². The van der Waals surface area contributed by atoms with E-state index >= 15 is 0 Å². The van der Waals surface area contributed by atoms with Crippen LogP contribution in [-0.4, -0.2) is 34.3 Å². The lowest BCUT2D eigenvalue weighted by Gasteiger charge is -2.46. The minimum atomic E-state index is -0.759. The molecule has 0 aromatic heterocycles. The van der Waals surface area contributed by atoms with Crippen molar-refractivity contribution in [3.05, 3.63) is 0 Å². The van der Waals surface area contributed by atoms with Crippen LogP contribution in [-0.2, 0) is 9.59 Å². The van der Waals surface area contributed by atoms with Gasteiger partial charge in [0.05, 0.1) is 0 Å². The third-order valence-corrected chi connectivity index (χ3v) is 4.40. The van der Waals surface area contributed by atoms with Crippen LogP contribution in [0.25, 0.3) is 0 Å². The Bertz CT molecular complexity index is 365. The predicted molar refractivity (Wildman–Crippen MR) is 69.9 cm³/mol. The molecule has 2 amide bonds. The monoisotopic (exact) mass is 252 g/mol. The number of piperazine rings is 1. The van der Waals surface area contributed by atoms with E-state index in [-0.39, 0.29) is 23.9 Å². The van der Waals surface area contributed by atoms with Crippen LogP contribution in [0.1, 0.15) is 53.4 Å². The van der Waals surface area contributed by atoms with Crippen LogP contribution in [0, 0.1) is 5.92 Å². The minimum absolute atomic E-state index is 0.00111. The summed E-state index contributed by atoms with van der Waals surface area (Å²) in [5.41, 5.74) is -0.759. The second-order valence-corrected chi connectivity index (χ2v) is 6.23. The molecule has 1 aliphatic heterocycles. The maximum Gasteiger partial charge on any atom is 0.248 e. The van der Waals surface area contributed by atoms with Gasteiger partial charge in [0.2, 0.25) is 11.8 Å². The average Bonchev–Trinajstić information content (AvgIpc) is 2.69. The maximum absolute atomic E-state index is 12.6. The molecule has 0 radical (unpaired) electrons. The molecule has 2 rings (SSSR count). The Morgan fingerprint density at radius 2 is 2.00 bits per heavy atom. The highest BCUT2D eigenvalue weighted by Crippen LogP contribution is 2.34. The third kappa shape index (κ3) is 2.02. The van der Waals surface area contributed by atoms with Gasteiger partial charge < -0.3 is 10.2 Å². The summed E-state index contributed by atoms with van der Waals surface area (Å²) in [6, 6.07) is -0.0381. The van der Waals surface area contributed by atoms with E-state index in [1.165, 1.54) is 0 Å². The smallest absolute Gasteiger partial charge is 0.248 e.